The van der Waals surface area contributed by atoms with Crippen LogP contribution < -0.4 is 0 Å². The predicted octanol–water partition coefficient (Wildman–Crippen LogP) is 3.33. The summed E-state index contributed by atoms with van der Waals surface area (Å²) in [5.41, 5.74) is 1.49. The van der Waals surface area contributed by atoms with Crippen molar-refractivity contribution in [3.63, 3.8) is 0 Å². The van der Waals surface area contributed by atoms with Gasteiger partial charge in [-0.25, -0.2) is 4.79 Å². The fraction of sp³-hybridized carbons (Fsp3) is 0.444. The summed E-state index contributed by atoms with van der Waals surface area (Å²) in [5.74, 6) is 0.683. The molecule has 2 heterocycles. The van der Waals surface area contributed by atoms with Crippen LogP contribution in [0, 0.1) is 0 Å². The Labute approximate surface area is 145 Å². The second-order valence-corrected chi connectivity index (χ2v) is 6.00. The van der Waals surface area contributed by atoms with Crippen LogP contribution in [0.2, 0.25) is 0 Å². The van der Waals surface area contributed by atoms with E-state index >= 15 is 0 Å². The number of carbonyl (C=O) groups is 1. The molecule has 1 aliphatic rings. The third-order valence-electron chi connectivity index (χ3n) is 4.22. The van der Waals surface area contributed by atoms with Crippen molar-refractivity contribution in [3.05, 3.63) is 36.1 Å². The molecule has 134 valence electrons. The van der Waals surface area contributed by atoms with Crippen molar-refractivity contribution >= 4 is 22.8 Å². The number of piperidine rings is 1. The van der Waals surface area contributed by atoms with Crippen LogP contribution >= 0.6 is 0 Å². The molecule has 1 aliphatic heterocycles. The number of amides is 1. The Morgan fingerprint density at radius 3 is 2.80 bits per heavy atom. The largest absolute Gasteiger partial charge is 0.465 e. The average Bonchev–Trinajstić information content (AvgIpc) is 3.06. The number of carboxylic acid groups (broad SMARTS) is 1. The number of hydrogen-bond donors (Lipinski definition) is 1. The molecule has 0 saturated carbocycles. The number of hydrogen-bond acceptors (Lipinski definition) is 5. The number of furan rings is 1. The monoisotopic (exact) mass is 346 g/mol. The van der Waals surface area contributed by atoms with E-state index in [1.165, 1.54) is 4.90 Å². The summed E-state index contributed by atoms with van der Waals surface area (Å²) < 4.78 is 11.4. The second-order valence-electron chi connectivity index (χ2n) is 6.00. The molecule has 1 saturated heterocycles. The number of nitrogens with zero attached hydrogens (tertiary/aromatic N) is 2. The van der Waals surface area contributed by atoms with Crippen molar-refractivity contribution in [1.82, 2.24) is 4.90 Å². The van der Waals surface area contributed by atoms with E-state index in [1.54, 1.807) is 0 Å². The van der Waals surface area contributed by atoms with Crippen molar-refractivity contribution in [2.45, 2.75) is 25.9 Å². The van der Waals surface area contributed by atoms with Crippen LogP contribution in [0.1, 0.15) is 25.5 Å². The number of oxime groups is 1. The molecule has 0 bridgehead atoms. The molecule has 2 aromatic rings. The first-order valence-corrected chi connectivity index (χ1v) is 8.38. The van der Waals surface area contributed by atoms with Gasteiger partial charge in [0, 0.05) is 18.5 Å². The van der Waals surface area contributed by atoms with Crippen LogP contribution in [0.25, 0.3) is 11.0 Å². The first-order chi connectivity index (χ1) is 12.1. The van der Waals surface area contributed by atoms with Crippen LogP contribution in [-0.4, -0.2) is 54.2 Å². The number of benzene rings is 1. The van der Waals surface area contributed by atoms with E-state index < -0.39 is 6.09 Å². The maximum Gasteiger partial charge on any atom is 0.407 e. The first-order valence-electron chi connectivity index (χ1n) is 8.38. The van der Waals surface area contributed by atoms with Gasteiger partial charge in [0.15, 0.2) is 5.76 Å². The molecule has 1 aromatic heterocycles. The highest BCUT2D eigenvalue weighted by molar-refractivity contribution is 5.99. The van der Waals surface area contributed by atoms with Crippen LogP contribution in [-0.2, 0) is 9.57 Å². The summed E-state index contributed by atoms with van der Waals surface area (Å²) >= 11 is 0. The Hall–Kier alpha value is -2.54. The van der Waals surface area contributed by atoms with Crippen molar-refractivity contribution in [3.8, 4) is 0 Å². The molecular weight excluding hydrogens is 324 g/mol. The van der Waals surface area contributed by atoms with Crippen molar-refractivity contribution < 1.29 is 23.9 Å². The molecule has 7 heteroatoms. The molecule has 0 spiro atoms. The summed E-state index contributed by atoms with van der Waals surface area (Å²) in [6.45, 7) is 3.64. The predicted molar refractivity (Wildman–Crippen MR) is 92.9 cm³/mol. The van der Waals surface area contributed by atoms with Crippen LogP contribution in [0.4, 0.5) is 4.79 Å². The lowest BCUT2D eigenvalue weighted by Crippen LogP contribution is -2.40. The number of rotatable bonds is 6. The van der Waals surface area contributed by atoms with Crippen LogP contribution in [0.15, 0.2) is 39.9 Å². The van der Waals surface area contributed by atoms with Gasteiger partial charge in [-0.2, -0.15) is 0 Å². The molecular formula is C18H22N2O5. The Bertz CT molecular complexity index is 714. The third kappa shape index (κ3) is 4.51. The van der Waals surface area contributed by atoms with E-state index in [2.05, 4.69) is 5.16 Å². The third-order valence-corrected chi connectivity index (χ3v) is 4.22. The van der Waals surface area contributed by atoms with E-state index in [-0.39, 0.29) is 6.10 Å². The molecule has 25 heavy (non-hydrogen) atoms. The van der Waals surface area contributed by atoms with Gasteiger partial charge in [-0.15, -0.1) is 0 Å². The Balaban J connectivity index is 1.39. The molecule has 0 unspecified atom stereocenters. The lowest BCUT2D eigenvalue weighted by atomic mass is 10.1. The van der Waals surface area contributed by atoms with E-state index in [0.717, 1.165) is 11.0 Å². The highest BCUT2D eigenvalue weighted by Gasteiger charge is 2.22. The Kier molecular flexibility index (Phi) is 5.55. The first kappa shape index (κ1) is 17.3. The van der Waals surface area contributed by atoms with Crippen molar-refractivity contribution in [2.24, 2.45) is 5.16 Å². The Morgan fingerprint density at radius 2 is 2.08 bits per heavy atom. The van der Waals surface area contributed by atoms with Gasteiger partial charge < -0.3 is 24.0 Å². The molecule has 1 fully saturated rings. The summed E-state index contributed by atoms with van der Waals surface area (Å²) in [7, 11) is 0. The molecule has 1 amide bonds. The van der Waals surface area contributed by atoms with Crippen molar-refractivity contribution in [1.29, 1.82) is 0 Å². The van der Waals surface area contributed by atoms with E-state index in [1.807, 2.05) is 37.3 Å². The molecule has 0 radical (unpaired) electrons. The molecule has 1 N–H and O–H groups in total. The van der Waals surface area contributed by atoms with Gasteiger partial charge in [-0.3, -0.25) is 0 Å². The maximum atomic E-state index is 10.8. The summed E-state index contributed by atoms with van der Waals surface area (Å²) in [4.78, 5) is 17.5. The number of ether oxygens (including phenoxy) is 1. The smallest absolute Gasteiger partial charge is 0.407 e. The van der Waals surface area contributed by atoms with E-state index in [0.29, 0.717) is 50.6 Å². The standard InChI is InChI=1S/C18H22N2O5/c1-13(17-12-14-4-2-3-5-16(14)25-17)19-24-11-10-23-15-6-8-20(9-7-15)18(21)22/h2-5,12,15H,6-11H2,1H3,(H,21,22). The fourth-order valence-electron chi connectivity index (χ4n) is 2.81. The normalized spacial score (nSPS) is 16.4. The zero-order chi connectivity index (χ0) is 17.6. The minimum absolute atomic E-state index is 0.0830. The van der Waals surface area contributed by atoms with E-state index in [4.69, 9.17) is 19.1 Å². The topological polar surface area (TPSA) is 84.5 Å². The lowest BCUT2D eigenvalue weighted by Gasteiger charge is -2.29. The number of para-hydroxylation sites is 1. The highest BCUT2D eigenvalue weighted by Crippen LogP contribution is 2.19. The van der Waals surface area contributed by atoms with Gasteiger partial charge in [-0.05, 0) is 31.9 Å². The van der Waals surface area contributed by atoms with Gasteiger partial charge in [0.25, 0.3) is 0 Å². The minimum Gasteiger partial charge on any atom is -0.465 e. The maximum absolute atomic E-state index is 10.8. The van der Waals surface area contributed by atoms with Gasteiger partial charge >= 0.3 is 6.09 Å². The lowest BCUT2D eigenvalue weighted by molar-refractivity contribution is -0.0192. The SMILES string of the molecule is CC(=NOCCOC1CCN(C(=O)O)CC1)c1cc2ccccc2o1. The zero-order valence-electron chi connectivity index (χ0n) is 14.2. The second kappa shape index (κ2) is 8.02. The number of likely N-dealkylation sites (tertiary alicyclic amines) is 1. The summed E-state index contributed by atoms with van der Waals surface area (Å²) in [5, 5.41) is 14.0. The van der Waals surface area contributed by atoms with E-state index in [9.17, 15) is 4.79 Å². The van der Waals surface area contributed by atoms with Crippen molar-refractivity contribution in [2.75, 3.05) is 26.3 Å². The zero-order valence-corrected chi connectivity index (χ0v) is 14.2. The van der Waals surface area contributed by atoms with Crippen LogP contribution in [0.5, 0.6) is 0 Å². The molecule has 0 aliphatic carbocycles. The number of fused-ring (bicyclic) bond motifs is 1. The minimum atomic E-state index is -0.864. The molecule has 1 aromatic carbocycles. The van der Waals surface area contributed by atoms with Gasteiger partial charge in [-0.1, -0.05) is 23.4 Å². The quantitative estimate of drug-likeness (QED) is 0.493. The van der Waals surface area contributed by atoms with Gasteiger partial charge in [0.2, 0.25) is 0 Å². The van der Waals surface area contributed by atoms with Gasteiger partial charge in [0.05, 0.1) is 12.7 Å². The van der Waals surface area contributed by atoms with Crippen LogP contribution in [0.3, 0.4) is 0 Å². The highest BCUT2D eigenvalue weighted by atomic mass is 16.6. The molecule has 7 nitrogen and oxygen atoms in total. The Morgan fingerprint density at radius 1 is 1.32 bits per heavy atom. The molecule has 3 rings (SSSR count). The fourth-order valence-corrected chi connectivity index (χ4v) is 2.81. The average molecular weight is 346 g/mol. The molecule has 0 atom stereocenters. The summed E-state index contributed by atoms with van der Waals surface area (Å²) in [6.07, 6.45) is 0.651. The summed E-state index contributed by atoms with van der Waals surface area (Å²) in [6, 6.07) is 9.72. The van der Waals surface area contributed by atoms with Gasteiger partial charge in [0.1, 0.15) is 17.9 Å².